The molecule has 0 heterocycles. The molecule has 0 spiro atoms. The van der Waals surface area contributed by atoms with Crippen LogP contribution in [0.4, 0.5) is 0 Å². The maximum atomic E-state index is 11.4. The molecule has 0 aliphatic heterocycles. The summed E-state index contributed by atoms with van der Waals surface area (Å²) in [5, 5.41) is 233. The van der Waals surface area contributed by atoms with Gasteiger partial charge >= 0.3 is 132 Å². The van der Waals surface area contributed by atoms with Crippen LogP contribution in [0.2, 0.25) is 0 Å². The summed E-state index contributed by atoms with van der Waals surface area (Å²) in [5.74, 6) is -3.49. The molecule has 0 aromatic heterocycles. The first-order valence-corrected chi connectivity index (χ1v) is 35.6. The molecule has 0 atom stereocenters. The van der Waals surface area contributed by atoms with Gasteiger partial charge in [-0.1, -0.05) is 180 Å². The van der Waals surface area contributed by atoms with Crippen molar-refractivity contribution in [2.45, 2.75) is 38.5 Å². The topological polar surface area (TPSA) is 896 Å². The van der Waals surface area contributed by atoms with Crippen molar-refractivity contribution in [2.75, 3.05) is 221 Å². The van der Waals surface area contributed by atoms with Crippen molar-refractivity contribution in [1.82, 2.24) is 31.9 Å². The number of nitrogens with one attached hydrogen (secondary N) is 6. The van der Waals surface area contributed by atoms with Crippen LogP contribution in [-0.4, -0.2) is 317 Å². The van der Waals surface area contributed by atoms with E-state index in [-0.39, 0.29) is 260 Å². The van der Waals surface area contributed by atoms with E-state index in [1.165, 1.54) is 72.8 Å². The quantitative estimate of drug-likeness (QED) is 0.0198. The largest absolute Gasteiger partial charge is 2.00 e. The fourth-order valence-electron chi connectivity index (χ4n) is 6.32. The van der Waals surface area contributed by atoms with Gasteiger partial charge in [0, 0.05) is 158 Å². The van der Waals surface area contributed by atoms with Crippen molar-refractivity contribution in [3.05, 3.63) is 179 Å². The fraction of sp³-hybridized carbons (Fsp3) is 0.475. The Morgan fingerprint density at radius 2 is 0.269 bits per heavy atom. The van der Waals surface area contributed by atoms with Crippen molar-refractivity contribution in [3.63, 3.8) is 0 Å². The number of carbonyl (C=O) groups excluding carboxylic acids is 6. The molecule has 0 saturated heterocycles. The summed E-state index contributed by atoms with van der Waals surface area (Å²) in [6, 6.07) is 37.0. The zero-order valence-corrected chi connectivity index (χ0v) is 88.3. The number of nitrogens with two attached hydrogens (primary N) is 6. The Morgan fingerprint density at radius 1 is 0.194 bits per heavy atom. The minimum atomic E-state index is -0.330. The Balaban J connectivity index is -0.0000000316. The summed E-state index contributed by atoms with van der Waals surface area (Å²) in [7, 11) is 18.0. The summed E-state index contributed by atoms with van der Waals surface area (Å²) in [6.07, 6.45) is 4.29. The van der Waals surface area contributed by atoms with E-state index in [4.69, 9.17) is 137 Å². The van der Waals surface area contributed by atoms with E-state index < -0.39 is 0 Å². The summed E-state index contributed by atoms with van der Waals surface area (Å²) in [6.45, 7) is 6.18. The molecule has 0 bridgehead atoms. The van der Waals surface area contributed by atoms with E-state index in [0.717, 1.165) is 142 Å². The Morgan fingerprint density at radius 3 is 0.336 bits per heavy atom. The fourth-order valence-corrected chi connectivity index (χ4v) is 6.32. The molecular weight excluding hydrogens is 2180 g/mol. The standard InChI is InChI=1S/6C10H14N2O2.12CH4O.8CH3O.2ClH.8Ni/c6*11-6-3-7-12-10(14)8-4-1-2-5-9(8)13;20*1-2;;;;;;;;;;/h6*1-2,4-5,13H,3,6-7,11H2,(H,12,14);12*2H,1H3;8*1H3;2*1H;;;;;;;;/q;;;;;;;;;;;;;;;;;;8*-1;;;8*+2/p-8. The van der Waals surface area contributed by atoms with E-state index in [2.05, 4.69) is 31.9 Å². The monoisotopic (exact) mass is 2320 g/mol. The number of aliphatic hydroxyl groups excluding tert-OH is 12. The number of amides is 6. The van der Waals surface area contributed by atoms with Crippen molar-refractivity contribution in [2.24, 2.45) is 34.4 Å². The van der Waals surface area contributed by atoms with E-state index in [0.29, 0.717) is 117 Å². The number of benzene rings is 6. The van der Waals surface area contributed by atoms with Crippen molar-refractivity contribution < 1.29 is 318 Å². The third kappa shape index (κ3) is 152. The number of hydrogen-bond donors (Lipinski definition) is 24. The summed E-state index contributed by atoms with van der Waals surface area (Å²) < 4.78 is 0. The Bertz CT molecular complexity index is 2480. The first-order valence-electron chi connectivity index (χ1n) is 35.6. The maximum Gasteiger partial charge on any atom is 2.00 e. The molecule has 0 aliphatic carbocycles. The van der Waals surface area contributed by atoms with E-state index in [1.807, 2.05) is 0 Å². The number of aliphatic hydroxyl groups is 12. The average Bonchev–Trinajstić information content (AvgIpc) is 0.923. The zero-order valence-electron chi connectivity index (χ0n) is 78.9. The molecule has 6 aromatic rings. The molecule has 0 unspecified atom stereocenters. The van der Waals surface area contributed by atoms with Gasteiger partial charge in [-0.15, -0.1) is 0 Å². The molecule has 30 N–H and O–H groups in total. The maximum absolute atomic E-state index is 11.4. The normalized spacial score (nSPS) is 7.03. The van der Waals surface area contributed by atoms with Crippen LogP contribution in [0.15, 0.2) is 146 Å². The molecule has 134 heavy (non-hydrogen) atoms. The first-order chi connectivity index (χ1) is 60.5. The Hall–Kier alpha value is -5.57. The molecule has 0 radical (unpaired) electrons. The van der Waals surface area contributed by atoms with Gasteiger partial charge < -0.3 is 224 Å². The number of hydrogen-bond acceptors (Lipinski definition) is 38. The van der Waals surface area contributed by atoms with Crippen LogP contribution in [0.1, 0.15) is 101 Å². The van der Waals surface area contributed by atoms with E-state index in [1.54, 1.807) is 72.8 Å². The second kappa shape index (κ2) is 219. The predicted octanol–water partition coefficient (Wildman–Crippen LogP) is -19.9. The molecular formula is C80H150Cl2N12Ni8O32. The molecule has 6 aromatic carbocycles. The van der Waals surface area contributed by atoms with Gasteiger partial charge in [-0.25, -0.2) is 0 Å². The van der Waals surface area contributed by atoms with Gasteiger partial charge in [0.1, 0.15) is 0 Å². The minimum Gasteiger partial charge on any atom is -1.00 e. The number of halogens is 2. The molecule has 44 nitrogen and oxygen atoms in total. The van der Waals surface area contributed by atoms with Crippen molar-refractivity contribution >= 4 is 35.4 Å². The smallest absolute Gasteiger partial charge is 1.00 e. The second-order valence-corrected chi connectivity index (χ2v) is 17.4. The van der Waals surface area contributed by atoms with Gasteiger partial charge in [0.05, 0.1) is 0 Å². The third-order valence-electron chi connectivity index (χ3n) is 10.8. The average molecular weight is 2330 g/mol. The van der Waals surface area contributed by atoms with Crippen LogP contribution in [-0.2, 0) is 132 Å². The summed E-state index contributed by atoms with van der Waals surface area (Å²) >= 11 is 0. The summed E-state index contributed by atoms with van der Waals surface area (Å²) in [5.41, 5.74) is 32.7. The van der Waals surface area contributed by atoms with Gasteiger partial charge in [0.15, 0.2) is 0 Å². The molecule has 816 valence electrons. The van der Waals surface area contributed by atoms with Crippen LogP contribution >= 0.6 is 0 Å². The van der Waals surface area contributed by atoms with Crippen molar-refractivity contribution in [1.29, 1.82) is 0 Å². The third-order valence-corrected chi connectivity index (χ3v) is 10.8. The van der Waals surface area contributed by atoms with Gasteiger partial charge in [-0.2, -0.15) is 56.9 Å². The van der Waals surface area contributed by atoms with Crippen LogP contribution in [0.5, 0.6) is 34.5 Å². The van der Waals surface area contributed by atoms with Gasteiger partial charge in [-0.3, -0.25) is 28.8 Å². The van der Waals surface area contributed by atoms with Gasteiger partial charge in [0.25, 0.3) is 35.4 Å². The molecule has 0 saturated carbocycles. The van der Waals surface area contributed by atoms with Crippen LogP contribution in [0, 0.1) is 0 Å². The molecule has 0 aliphatic rings. The first kappa shape index (κ1) is 215. The molecule has 6 rings (SSSR count). The second-order valence-electron chi connectivity index (χ2n) is 17.4. The Kier molecular flexibility index (Phi) is 352. The Labute approximate surface area is 886 Å². The SMILES string of the molecule is CO.CO.CO.CO.CO.CO.CO.CO.CO.CO.CO.CO.C[O-].C[O-].C[O-].C[O-].C[O-].C[O-].C[O-].C[O-].NCCCNC(=O)c1ccccc1[O-].NCCCNC(=O)c1ccccc1[O-].NCCCNC(=O)c1ccccc1[O-].NCCCNC(=O)c1ccccc1[O-].NCCCNC(=O)c1ccccc1[O-].NCCCNC(=O)c1ccccc1[O-].[Cl-].[Cl-].[Ni+2].[Ni+2].[Ni+2].[Ni+2].[Ni+2].[Ni+2].[Ni+2].[Ni+2]. The molecule has 54 heteroatoms. The minimum absolute atomic E-state index is 0. The molecule has 0 fully saturated rings. The van der Waals surface area contributed by atoms with Crippen molar-refractivity contribution in [3.8, 4) is 34.5 Å². The van der Waals surface area contributed by atoms with E-state index >= 15 is 0 Å². The number of para-hydroxylation sites is 6. The van der Waals surface area contributed by atoms with Crippen LogP contribution < -0.4 is 163 Å². The predicted molar refractivity (Wildman–Crippen MR) is 456 cm³/mol. The number of carbonyl (C=O) groups is 6. The van der Waals surface area contributed by atoms with Crippen LogP contribution in [0.3, 0.4) is 0 Å². The van der Waals surface area contributed by atoms with Gasteiger partial charge in [0.2, 0.25) is 0 Å². The summed E-state index contributed by atoms with van der Waals surface area (Å²) in [4.78, 5) is 68.3. The van der Waals surface area contributed by atoms with Gasteiger partial charge in [-0.05, 0) is 77.8 Å². The zero-order chi connectivity index (χ0) is 102. The van der Waals surface area contributed by atoms with Crippen LogP contribution in [0.25, 0.3) is 0 Å². The van der Waals surface area contributed by atoms with E-state index in [9.17, 15) is 59.4 Å². The molecule has 6 amide bonds. The number of rotatable bonds is 24.